The quantitative estimate of drug-likeness (QED) is 0.843. The highest BCUT2D eigenvalue weighted by Crippen LogP contribution is 2.35. The fraction of sp³-hybridized carbons (Fsp3) is 0.500. The molecule has 1 atom stereocenters. The van der Waals surface area contributed by atoms with Gasteiger partial charge in [0.25, 0.3) is 0 Å². The smallest absolute Gasteiger partial charge is 0.303 e. The number of rotatable bonds is 3. The van der Waals surface area contributed by atoms with Crippen LogP contribution in [-0.2, 0) is 4.79 Å². The molecule has 3 heteroatoms. The highest BCUT2D eigenvalue weighted by atomic mass is 16.4. The Morgan fingerprint density at radius 1 is 1.53 bits per heavy atom. The van der Waals surface area contributed by atoms with E-state index in [1.807, 2.05) is 0 Å². The summed E-state index contributed by atoms with van der Waals surface area (Å²) in [5, 5.41) is 12.3. The largest absolute Gasteiger partial charge is 0.481 e. The Labute approximate surface area is 102 Å². The van der Waals surface area contributed by atoms with Crippen LogP contribution in [0.5, 0.6) is 0 Å². The molecule has 0 fully saturated rings. The number of carbonyl (C=O) groups is 1. The van der Waals surface area contributed by atoms with Crippen molar-refractivity contribution in [3.05, 3.63) is 29.3 Å². The Morgan fingerprint density at radius 2 is 2.29 bits per heavy atom. The number of aliphatic carboxylic acids is 1. The van der Waals surface area contributed by atoms with Crippen molar-refractivity contribution >= 4 is 11.7 Å². The number of hydrogen-bond donors (Lipinski definition) is 2. The van der Waals surface area contributed by atoms with E-state index >= 15 is 0 Å². The molecular formula is C14H19NO2. The molecule has 0 amide bonds. The van der Waals surface area contributed by atoms with Crippen molar-refractivity contribution in [1.82, 2.24) is 0 Å². The third-order valence-electron chi connectivity index (χ3n) is 3.41. The topological polar surface area (TPSA) is 49.3 Å². The summed E-state index contributed by atoms with van der Waals surface area (Å²) < 4.78 is 0. The van der Waals surface area contributed by atoms with Crippen molar-refractivity contribution in [1.29, 1.82) is 0 Å². The molecule has 2 N–H and O–H groups in total. The monoisotopic (exact) mass is 233 g/mol. The number of carboxylic acid groups (broad SMARTS) is 1. The molecule has 0 saturated heterocycles. The first kappa shape index (κ1) is 12.0. The Morgan fingerprint density at radius 3 is 2.94 bits per heavy atom. The normalized spacial score (nSPS) is 18.6. The van der Waals surface area contributed by atoms with Gasteiger partial charge >= 0.3 is 5.97 Å². The van der Waals surface area contributed by atoms with E-state index < -0.39 is 5.97 Å². The summed E-state index contributed by atoms with van der Waals surface area (Å²) >= 11 is 0. The van der Waals surface area contributed by atoms with Crippen molar-refractivity contribution in [2.75, 3.05) is 11.9 Å². The van der Waals surface area contributed by atoms with Crippen molar-refractivity contribution in [2.24, 2.45) is 0 Å². The predicted octanol–water partition coefficient (Wildman–Crippen LogP) is 3.18. The second-order valence-electron chi connectivity index (χ2n) is 5.01. The van der Waals surface area contributed by atoms with E-state index in [1.54, 1.807) is 0 Å². The Kier molecular flexibility index (Phi) is 3.36. The molecule has 0 bridgehead atoms. The van der Waals surface area contributed by atoms with Crippen LogP contribution in [0.2, 0.25) is 0 Å². The predicted molar refractivity (Wildman–Crippen MR) is 68.6 cm³/mol. The van der Waals surface area contributed by atoms with Gasteiger partial charge in [0.15, 0.2) is 0 Å². The Hall–Kier alpha value is -1.51. The first-order chi connectivity index (χ1) is 8.08. The molecule has 1 unspecified atom stereocenters. The van der Waals surface area contributed by atoms with Gasteiger partial charge in [-0.05, 0) is 35.4 Å². The summed E-state index contributed by atoms with van der Waals surface area (Å²) in [5.41, 5.74) is 3.56. The maximum atomic E-state index is 10.9. The van der Waals surface area contributed by atoms with Gasteiger partial charge in [0.2, 0.25) is 0 Å². The maximum absolute atomic E-state index is 10.9. The van der Waals surface area contributed by atoms with Crippen LogP contribution in [0.4, 0.5) is 5.69 Å². The van der Waals surface area contributed by atoms with Crippen molar-refractivity contribution < 1.29 is 9.90 Å². The number of carboxylic acids is 1. The van der Waals surface area contributed by atoms with Crippen LogP contribution in [0, 0.1) is 0 Å². The average molecular weight is 233 g/mol. The minimum Gasteiger partial charge on any atom is -0.481 e. The molecule has 0 spiro atoms. The standard InChI is InChI=1S/C14H19NO2/c1-9(2)10-3-4-13-12(7-10)11(5-6-15-13)8-14(16)17/h3-4,7,9,11,15H,5-6,8H2,1-2H3,(H,16,17). The summed E-state index contributed by atoms with van der Waals surface area (Å²) in [6, 6.07) is 6.37. The zero-order valence-electron chi connectivity index (χ0n) is 10.4. The maximum Gasteiger partial charge on any atom is 0.303 e. The summed E-state index contributed by atoms with van der Waals surface area (Å²) in [5.74, 6) is -0.0760. The Bertz CT molecular complexity index is 426. The number of anilines is 1. The molecule has 0 aromatic heterocycles. The Balaban J connectivity index is 2.33. The van der Waals surface area contributed by atoms with Gasteiger partial charge in [-0.3, -0.25) is 4.79 Å². The molecule has 0 radical (unpaired) electrons. The second-order valence-corrected chi connectivity index (χ2v) is 5.01. The van der Waals surface area contributed by atoms with Gasteiger partial charge in [-0.1, -0.05) is 26.0 Å². The van der Waals surface area contributed by atoms with Crippen LogP contribution < -0.4 is 5.32 Å². The molecule has 0 saturated carbocycles. The van der Waals surface area contributed by atoms with E-state index in [0.29, 0.717) is 5.92 Å². The molecule has 1 aliphatic rings. The van der Waals surface area contributed by atoms with Gasteiger partial charge in [0.05, 0.1) is 6.42 Å². The summed E-state index contributed by atoms with van der Waals surface area (Å²) in [6.45, 7) is 5.18. The highest BCUT2D eigenvalue weighted by molar-refractivity contribution is 5.69. The van der Waals surface area contributed by atoms with E-state index in [9.17, 15) is 4.79 Å². The SMILES string of the molecule is CC(C)c1ccc2c(c1)C(CC(=O)O)CCN2. The van der Waals surface area contributed by atoms with Gasteiger partial charge in [-0.2, -0.15) is 0 Å². The lowest BCUT2D eigenvalue weighted by atomic mass is 9.86. The van der Waals surface area contributed by atoms with Crippen LogP contribution in [0.25, 0.3) is 0 Å². The fourth-order valence-electron chi connectivity index (χ4n) is 2.40. The lowest BCUT2D eigenvalue weighted by molar-refractivity contribution is -0.137. The first-order valence-electron chi connectivity index (χ1n) is 6.17. The lowest BCUT2D eigenvalue weighted by Gasteiger charge is -2.26. The van der Waals surface area contributed by atoms with Crippen LogP contribution in [0.3, 0.4) is 0 Å². The molecular weight excluding hydrogens is 214 g/mol. The molecule has 1 heterocycles. The number of hydrogen-bond acceptors (Lipinski definition) is 2. The van der Waals surface area contributed by atoms with Gasteiger partial charge in [0.1, 0.15) is 0 Å². The zero-order valence-corrected chi connectivity index (χ0v) is 10.4. The van der Waals surface area contributed by atoms with Crippen molar-refractivity contribution in [3.8, 4) is 0 Å². The van der Waals surface area contributed by atoms with Crippen LogP contribution in [0.15, 0.2) is 18.2 Å². The molecule has 2 rings (SSSR count). The van der Waals surface area contributed by atoms with Crippen LogP contribution in [-0.4, -0.2) is 17.6 Å². The molecule has 0 aliphatic carbocycles. The number of benzene rings is 1. The van der Waals surface area contributed by atoms with Gasteiger partial charge < -0.3 is 10.4 Å². The van der Waals surface area contributed by atoms with E-state index in [2.05, 4.69) is 37.4 Å². The minimum absolute atomic E-state index is 0.155. The molecule has 92 valence electrons. The molecule has 1 aromatic rings. The molecule has 3 nitrogen and oxygen atoms in total. The molecule has 1 aliphatic heterocycles. The average Bonchev–Trinajstić information content (AvgIpc) is 2.28. The van der Waals surface area contributed by atoms with E-state index in [0.717, 1.165) is 18.7 Å². The second kappa shape index (κ2) is 4.78. The third kappa shape index (κ3) is 2.60. The van der Waals surface area contributed by atoms with Crippen LogP contribution >= 0.6 is 0 Å². The summed E-state index contributed by atoms with van der Waals surface area (Å²) in [6.07, 6.45) is 1.14. The number of nitrogens with one attached hydrogen (secondary N) is 1. The number of fused-ring (bicyclic) bond motifs is 1. The third-order valence-corrected chi connectivity index (χ3v) is 3.41. The van der Waals surface area contributed by atoms with Gasteiger partial charge in [-0.15, -0.1) is 0 Å². The summed E-state index contributed by atoms with van der Waals surface area (Å²) in [7, 11) is 0. The van der Waals surface area contributed by atoms with Crippen molar-refractivity contribution in [3.63, 3.8) is 0 Å². The van der Waals surface area contributed by atoms with Gasteiger partial charge in [0, 0.05) is 12.2 Å². The van der Waals surface area contributed by atoms with E-state index in [4.69, 9.17) is 5.11 Å². The minimum atomic E-state index is -0.710. The molecule has 17 heavy (non-hydrogen) atoms. The fourth-order valence-corrected chi connectivity index (χ4v) is 2.40. The molecule has 1 aromatic carbocycles. The summed E-state index contributed by atoms with van der Waals surface area (Å²) in [4.78, 5) is 10.9. The van der Waals surface area contributed by atoms with E-state index in [-0.39, 0.29) is 12.3 Å². The lowest BCUT2D eigenvalue weighted by Crippen LogP contribution is -2.19. The van der Waals surface area contributed by atoms with Gasteiger partial charge in [-0.25, -0.2) is 0 Å². The first-order valence-corrected chi connectivity index (χ1v) is 6.17. The van der Waals surface area contributed by atoms with Crippen molar-refractivity contribution in [2.45, 2.75) is 38.5 Å². The highest BCUT2D eigenvalue weighted by Gasteiger charge is 2.22. The van der Waals surface area contributed by atoms with Crippen LogP contribution in [0.1, 0.15) is 49.7 Å². The van der Waals surface area contributed by atoms with E-state index in [1.165, 1.54) is 11.1 Å². The zero-order chi connectivity index (χ0) is 12.4.